The maximum Gasteiger partial charge on any atom is 0.152 e. The van der Waals surface area contributed by atoms with Gasteiger partial charge in [0, 0.05) is 24.6 Å². The SMILES string of the molecule is Cc1ccccn1.N/N=c1\ccccn1CCO. The van der Waals surface area contributed by atoms with Crippen LogP contribution in [0.1, 0.15) is 5.69 Å². The Kier molecular flexibility index (Phi) is 6.21. The zero-order valence-corrected chi connectivity index (χ0v) is 10.4. The van der Waals surface area contributed by atoms with E-state index in [0.29, 0.717) is 12.0 Å². The fraction of sp³-hybridized carbons (Fsp3) is 0.231. The minimum atomic E-state index is 0.0944. The Morgan fingerprint density at radius 1 is 1.28 bits per heavy atom. The molecule has 2 heterocycles. The molecule has 0 saturated heterocycles. The summed E-state index contributed by atoms with van der Waals surface area (Å²) in [5, 5.41) is 12.2. The molecule has 5 nitrogen and oxygen atoms in total. The molecule has 0 spiro atoms. The van der Waals surface area contributed by atoms with E-state index in [-0.39, 0.29) is 6.61 Å². The number of rotatable bonds is 2. The molecule has 2 aromatic rings. The zero-order chi connectivity index (χ0) is 13.2. The van der Waals surface area contributed by atoms with Gasteiger partial charge in [-0.3, -0.25) is 4.98 Å². The highest BCUT2D eigenvalue weighted by atomic mass is 16.3. The summed E-state index contributed by atoms with van der Waals surface area (Å²) in [5.74, 6) is 5.10. The van der Waals surface area contributed by atoms with E-state index < -0.39 is 0 Å². The number of nitrogens with zero attached hydrogens (tertiary/aromatic N) is 3. The largest absolute Gasteiger partial charge is 0.395 e. The van der Waals surface area contributed by atoms with Crippen molar-refractivity contribution in [2.24, 2.45) is 10.9 Å². The van der Waals surface area contributed by atoms with Gasteiger partial charge in [0.2, 0.25) is 0 Å². The molecule has 18 heavy (non-hydrogen) atoms. The molecule has 0 fully saturated rings. The number of hydrogen-bond donors (Lipinski definition) is 2. The van der Waals surface area contributed by atoms with Crippen LogP contribution in [-0.2, 0) is 6.54 Å². The molecule has 0 saturated carbocycles. The second-order valence-electron chi connectivity index (χ2n) is 3.58. The average molecular weight is 246 g/mol. The third-order valence-electron chi connectivity index (χ3n) is 2.20. The standard InChI is InChI=1S/C7H11N3O.C6H7N/c8-9-7-3-1-2-4-10(7)5-6-11;1-6-4-2-3-5-7-6/h1-4,11H,5-6,8H2;2-5H,1H3/b9-7+;. The summed E-state index contributed by atoms with van der Waals surface area (Å²) in [5.41, 5.74) is 1.74. The molecule has 0 amide bonds. The van der Waals surface area contributed by atoms with Crippen LogP contribution in [-0.4, -0.2) is 21.3 Å². The van der Waals surface area contributed by atoms with Crippen molar-refractivity contribution in [2.75, 3.05) is 6.61 Å². The Morgan fingerprint density at radius 2 is 2.06 bits per heavy atom. The minimum absolute atomic E-state index is 0.0944. The highest BCUT2D eigenvalue weighted by molar-refractivity contribution is 4.99. The van der Waals surface area contributed by atoms with Crippen molar-refractivity contribution < 1.29 is 5.11 Å². The van der Waals surface area contributed by atoms with E-state index >= 15 is 0 Å². The Morgan fingerprint density at radius 3 is 2.56 bits per heavy atom. The van der Waals surface area contributed by atoms with Crippen molar-refractivity contribution in [3.63, 3.8) is 0 Å². The molecule has 0 aliphatic rings. The molecular weight excluding hydrogens is 228 g/mol. The van der Waals surface area contributed by atoms with E-state index in [0.717, 1.165) is 5.69 Å². The summed E-state index contributed by atoms with van der Waals surface area (Å²) in [4.78, 5) is 3.98. The molecule has 2 aromatic heterocycles. The number of aryl methyl sites for hydroxylation is 1. The fourth-order valence-corrected chi connectivity index (χ4v) is 1.33. The van der Waals surface area contributed by atoms with Crippen LogP contribution in [0.15, 0.2) is 53.9 Å². The molecule has 0 aliphatic carbocycles. The third-order valence-corrected chi connectivity index (χ3v) is 2.20. The van der Waals surface area contributed by atoms with Crippen LogP contribution in [0.5, 0.6) is 0 Å². The van der Waals surface area contributed by atoms with Gasteiger partial charge in [-0.1, -0.05) is 12.1 Å². The average Bonchev–Trinajstić information content (AvgIpc) is 2.41. The van der Waals surface area contributed by atoms with Gasteiger partial charge < -0.3 is 15.5 Å². The molecule has 0 atom stereocenters. The number of pyridine rings is 2. The lowest BCUT2D eigenvalue weighted by Gasteiger charge is -2.02. The smallest absolute Gasteiger partial charge is 0.152 e. The van der Waals surface area contributed by atoms with Gasteiger partial charge in [0.25, 0.3) is 0 Å². The van der Waals surface area contributed by atoms with Crippen molar-refractivity contribution >= 4 is 0 Å². The van der Waals surface area contributed by atoms with Gasteiger partial charge in [-0.2, -0.15) is 5.10 Å². The summed E-state index contributed by atoms with van der Waals surface area (Å²) in [7, 11) is 0. The fourth-order valence-electron chi connectivity index (χ4n) is 1.33. The number of aliphatic hydroxyl groups excluding tert-OH is 1. The summed E-state index contributed by atoms with van der Waals surface area (Å²) in [6.07, 6.45) is 3.61. The molecule has 3 N–H and O–H groups in total. The second-order valence-corrected chi connectivity index (χ2v) is 3.58. The lowest BCUT2D eigenvalue weighted by molar-refractivity contribution is 0.273. The van der Waals surface area contributed by atoms with Gasteiger partial charge >= 0.3 is 0 Å². The Balaban J connectivity index is 0.000000199. The van der Waals surface area contributed by atoms with Gasteiger partial charge in [-0.25, -0.2) is 0 Å². The van der Waals surface area contributed by atoms with Crippen LogP contribution < -0.4 is 11.3 Å². The Bertz CT molecular complexity index is 508. The normalized spacial score (nSPS) is 10.7. The van der Waals surface area contributed by atoms with E-state index in [1.807, 2.05) is 43.5 Å². The van der Waals surface area contributed by atoms with E-state index in [9.17, 15) is 0 Å². The van der Waals surface area contributed by atoms with Crippen molar-refractivity contribution in [3.8, 4) is 0 Å². The second kappa shape index (κ2) is 8.03. The first-order valence-electron chi connectivity index (χ1n) is 5.66. The van der Waals surface area contributed by atoms with Crippen LogP contribution in [0.25, 0.3) is 0 Å². The van der Waals surface area contributed by atoms with Gasteiger partial charge in [-0.15, -0.1) is 0 Å². The maximum absolute atomic E-state index is 8.64. The van der Waals surface area contributed by atoms with Gasteiger partial charge in [0.15, 0.2) is 5.49 Å². The molecule has 0 unspecified atom stereocenters. The van der Waals surface area contributed by atoms with Crippen molar-refractivity contribution in [2.45, 2.75) is 13.5 Å². The van der Waals surface area contributed by atoms with Crippen molar-refractivity contribution in [3.05, 3.63) is 60.0 Å². The predicted molar refractivity (Wildman–Crippen MR) is 70.2 cm³/mol. The molecule has 0 aliphatic heterocycles. The number of hydrogen-bond acceptors (Lipinski definition) is 4. The number of aliphatic hydroxyl groups is 1. The Hall–Kier alpha value is -2.14. The van der Waals surface area contributed by atoms with Gasteiger partial charge in [0.05, 0.1) is 6.61 Å². The first kappa shape index (κ1) is 13.9. The first-order valence-corrected chi connectivity index (χ1v) is 5.66. The van der Waals surface area contributed by atoms with Crippen LogP contribution in [0.2, 0.25) is 0 Å². The highest BCUT2D eigenvalue weighted by Crippen LogP contribution is 1.86. The molecule has 0 radical (unpaired) electrons. The maximum atomic E-state index is 8.64. The molecule has 2 rings (SSSR count). The minimum Gasteiger partial charge on any atom is -0.395 e. The summed E-state index contributed by atoms with van der Waals surface area (Å²) in [6.45, 7) is 2.59. The summed E-state index contributed by atoms with van der Waals surface area (Å²) in [6, 6.07) is 11.4. The molecular formula is C13H18N4O. The lowest BCUT2D eigenvalue weighted by atomic mass is 10.4. The molecule has 5 heteroatoms. The van der Waals surface area contributed by atoms with E-state index in [1.54, 1.807) is 16.8 Å². The van der Waals surface area contributed by atoms with Gasteiger partial charge in [0.1, 0.15) is 0 Å². The number of aromatic nitrogens is 2. The molecule has 0 aromatic carbocycles. The third kappa shape index (κ3) is 4.80. The van der Waals surface area contributed by atoms with E-state index in [1.165, 1.54) is 0 Å². The van der Waals surface area contributed by atoms with E-state index in [4.69, 9.17) is 10.9 Å². The first-order chi connectivity index (χ1) is 8.77. The van der Waals surface area contributed by atoms with Crippen LogP contribution in [0.3, 0.4) is 0 Å². The highest BCUT2D eigenvalue weighted by Gasteiger charge is 1.88. The topological polar surface area (TPSA) is 76.4 Å². The Labute approximate surface area is 106 Å². The van der Waals surface area contributed by atoms with Gasteiger partial charge in [-0.05, 0) is 31.2 Å². The summed E-state index contributed by atoms with van der Waals surface area (Å²) >= 11 is 0. The zero-order valence-electron chi connectivity index (χ0n) is 10.4. The lowest BCUT2D eigenvalue weighted by Crippen LogP contribution is -2.22. The monoisotopic (exact) mass is 246 g/mol. The van der Waals surface area contributed by atoms with Crippen LogP contribution >= 0.6 is 0 Å². The van der Waals surface area contributed by atoms with Crippen LogP contribution in [0, 0.1) is 6.92 Å². The quantitative estimate of drug-likeness (QED) is 0.603. The molecule has 0 bridgehead atoms. The number of nitrogens with two attached hydrogens (primary N) is 1. The van der Waals surface area contributed by atoms with Crippen molar-refractivity contribution in [1.82, 2.24) is 9.55 Å². The summed E-state index contributed by atoms with van der Waals surface area (Å²) < 4.78 is 1.78. The van der Waals surface area contributed by atoms with Crippen molar-refractivity contribution in [1.29, 1.82) is 0 Å². The predicted octanol–water partition coefficient (Wildman–Crippen LogP) is 0.645. The molecule has 96 valence electrons. The van der Waals surface area contributed by atoms with Crippen LogP contribution in [0.4, 0.5) is 0 Å². The van der Waals surface area contributed by atoms with E-state index in [2.05, 4.69) is 10.1 Å².